The van der Waals surface area contributed by atoms with E-state index in [2.05, 4.69) is 20.5 Å². The highest BCUT2D eigenvalue weighted by molar-refractivity contribution is 6.30. The zero-order valence-electron chi connectivity index (χ0n) is 22.2. The summed E-state index contributed by atoms with van der Waals surface area (Å²) in [6.45, 7) is 3.84. The van der Waals surface area contributed by atoms with Gasteiger partial charge in [0.25, 0.3) is 0 Å². The van der Waals surface area contributed by atoms with Gasteiger partial charge in [-0.2, -0.15) is 5.10 Å². The van der Waals surface area contributed by atoms with Crippen molar-refractivity contribution in [1.82, 2.24) is 20.1 Å². The minimum absolute atomic E-state index is 0.0646. The molecule has 0 spiro atoms. The first-order valence-electron chi connectivity index (χ1n) is 13.3. The number of aromatic nitrogens is 3. The number of carboxylic acids is 1. The van der Waals surface area contributed by atoms with Crippen LogP contribution in [0.25, 0.3) is 0 Å². The maximum absolute atomic E-state index is 15.8. The van der Waals surface area contributed by atoms with Crippen LogP contribution in [0.15, 0.2) is 24.3 Å². The number of hydrogen-bond acceptors (Lipinski definition) is 6. The number of carboxylic acid groups (broad SMARTS) is 1. The fraction of sp³-hybridized carbons (Fsp3) is 0.464. The number of H-pyrrole nitrogens is 1. The van der Waals surface area contributed by atoms with Gasteiger partial charge in [-0.3, -0.25) is 14.8 Å². The summed E-state index contributed by atoms with van der Waals surface area (Å²) in [6.07, 6.45) is 1.32. The monoisotopic (exact) mass is 577 g/mol. The lowest BCUT2D eigenvalue weighted by Crippen LogP contribution is -2.51. The number of anilines is 2. The highest BCUT2D eigenvalue weighted by atomic mass is 35.5. The highest BCUT2D eigenvalue weighted by Crippen LogP contribution is 2.48. The third-order valence-corrected chi connectivity index (χ3v) is 8.46. The number of pyridine rings is 1. The Labute approximate surface area is 234 Å². The number of nitrogens with zero attached hydrogens (tertiary/aromatic N) is 3. The average molecular weight is 578 g/mol. The van der Waals surface area contributed by atoms with Gasteiger partial charge in [-0.25, -0.2) is 18.2 Å². The van der Waals surface area contributed by atoms with Gasteiger partial charge in [-0.15, -0.1) is 0 Å². The first kappa shape index (κ1) is 28.4. The molecule has 2 atom stereocenters. The third-order valence-electron chi connectivity index (χ3n) is 8.16. The van der Waals surface area contributed by atoms with E-state index in [1.807, 2.05) is 18.7 Å². The summed E-state index contributed by atoms with van der Waals surface area (Å²) in [5, 5.41) is 30.9. The number of halogens is 4. The van der Waals surface area contributed by atoms with Crippen molar-refractivity contribution in [2.24, 2.45) is 5.41 Å². The molecule has 2 aliphatic rings. The van der Waals surface area contributed by atoms with Crippen LogP contribution >= 0.6 is 11.6 Å². The maximum atomic E-state index is 15.8. The van der Waals surface area contributed by atoms with Gasteiger partial charge in [-0.1, -0.05) is 18.5 Å². The SMILES string of the molecule is CC[C@@H]1C[C@](Cc2nc(Nc3cc(C)[nH]n3)cc(C3(O)CC3)c2F)(C(=O)O)CCN1Cc1c(F)ccc(Cl)c1F. The van der Waals surface area contributed by atoms with Crippen molar-refractivity contribution in [3.05, 3.63) is 69.3 Å². The molecule has 8 nitrogen and oxygen atoms in total. The van der Waals surface area contributed by atoms with Crippen molar-refractivity contribution in [2.45, 2.75) is 70.6 Å². The molecule has 1 aliphatic heterocycles. The van der Waals surface area contributed by atoms with E-state index in [4.69, 9.17) is 11.6 Å². The van der Waals surface area contributed by atoms with E-state index in [0.717, 1.165) is 17.8 Å². The Kier molecular flexibility index (Phi) is 7.58. The molecule has 1 aliphatic carbocycles. The Morgan fingerprint density at radius 2 is 1.95 bits per heavy atom. The first-order valence-corrected chi connectivity index (χ1v) is 13.6. The number of aromatic amines is 1. The molecular formula is C28H31ClF3N5O3. The standard InChI is InChI=1S/C28H31ClF3N5O3/c1-3-16-12-27(26(38)39,8-9-37(16)14-17-20(30)5-4-19(29)24(17)31)13-21-25(32)18(28(40)6-7-28)11-22(33-21)34-23-10-15(2)35-36-23/h4-5,10-11,16,40H,3,6-9,12-14H2,1-2H3,(H,38,39)(H2,33,34,35,36)/t16-,27-/m1/s1. The summed E-state index contributed by atoms with van der Waals surface area (Å²) in [6, 6.07) is 5.10. The Hall–Kier alpha value is -3.15. The van der Waals surface area contributed by atoms with Gasteiger partial charge < -0.3 is 15.5 Å². The molecule has 5 rings (SSSR count). The van der Waals surface area contributed by atoms with Crippen LogP contribution in [-0.4, -0.2) is 48.9 Å². The number of likely N-dealkylation sites (tertiary alicyclic amines) is 1. The lowest BCUT2D eigenvalue weighted by atomic mass is 9.71. The molecule has 1 saturated heterocycles. The molecule has 1 saturated carbocycles. The molecule has 214 valence electrons. The predicted octanol–water partition coefficient (Wildman–Crippen LogP) is 5.60. The van der Waals surface area contributed by atoms with Gasteiger partial charge in [0.2, 0.25) is 0 Å². The number of hydrogen-bond donors (Lipinski definition) is 4. The quantitative estimate of drug-likeness (QED) is 0.245. The predicted molar refractivity (Wildman–Crippen MR) is 143 cm³/mol. The van der Waals surface area contributed by atoms with Crippen molar-refractivity contribution < 1.29 is 28.2 Å². The highest BCUT2D eigenvalue weighted by Gasteiger charge is 2.48. The number of rotatable bonds is 9. The van der Waals surface area contributed by atoms with Crippen LogP contribution in [-0.2, 0) is 23.4 Å². The normalized spacial score (nSPS) is 22.3. The molecule has 2 fully saturated rings. The Morgan fingerprint density at radius 1 is 1.20 bits per heavy atom. The smallest absolute Gasteiger partial charge is 0.310 e. The topological polar surface area (TPSA) is 114 Å². The van der Waals surface area contributed by atoms with Crippen LogP contribution in [0.4, 0.5) is 24.8 Å². The van der Waals surface area contributed by atoms with Gasteiger partial charge in [0, 0.05) is 41.9 Å². The van der Waals surface area contributed by atoms with Crippen LogP contribution in [0.3, 0.4) is 0 Å². The van der Waals surface area contributed by atoms with E-state index in [-0.39, 0.29) is 66.1 Å². The molecule has 0 unspecified atom stereocenters. The molecule has 12 heteroatoms. The molecule has 0 bridgehead atoms. The van der Waals surface area contributed by atoms with Crippen molar-refractivity contribution in [2.75, 3.05) is 11.9 Å². The molecule has 2 aromatic heterocycles. The number of benzene rings is 1. The number of aliphatic carboxylic acids is 1. The minimum atomic E-state index is -1.37. The summed E-state index contributed by atoms with van der Waals surface area (Å²) in [7, 11) is 0. The van der Waals surface area contributed by atoms with E-state index in [9.17, 15) is 23.8 Å². The fourth-order valence-electron chi connectivity index (χ4n) is 5.60. The summed E-state index contributed by atoms with van der Waals surface area (Å²) in [4.78, 5) is 19.0. The molecule has 4 N–H and O–H groups in total. The van der Waals surface area contributed by atoms with Crippen LogP contribution < -0.4 is 5.32 Å². The van der Waals surface area contributed by atoms with E-state index in [1.54, 1.807) is 6.07 Å². The van der Waals surface area contributed by atoms with E-state index >= 15 is 4.39 Å². The van der Waals surface area contributed by atoms with Crippen LogP contribution in [0.2, 0.25) is 5.02 Å². The summed E-state index contributed by atoms with van der Waals surface area (Å²) < 4.78 is 44.9. The summed E-state index contributed by atoms with van der Waals surface area (Å²) in [5.41, 5.74) is -2.06. The lowest BCUT2D eigenvalue weighted by molar-refractivity contribution is -0.154. The fourth-order valence-corrected chi connectivity index (χ4v) is 5.78. The van der Waals surface area contributed by atoms with Crippen molar-refractivity contribution >= 4 is 29.2 Å². The largest absolute Gasteiger partial charge is 0.481 e. The van der Waals surface area contributed by atoms with Gasteiger partial charge in [0.15, 0.2) is 11.6 Å². The van der Waals surface area contributed by atoms with Gasteiger partial charge >= 0.3 is 5.97 Å². The molecule has 40 heavy (non-hydrogen) atoms. The van der Waals surface area contributed by atoms with Crippen molar-refractivity contribution in [1.29, 1.82) is 0 Å². The first-order chi connectivity index (χ1) is 18.9. The molecule has 0 radical (unpaired) electrons. The number of carbonyl (C=O) groups is 1. The number of aryl methyl sites for hydroxylation is 1. The summed E-state index contributed by atoms with van der Waals surface area (Å²) in [5.74, 6) is -2.68. The zero-order valence-corrected chi connectivity index (χ0v) is 23.0. The van der Waals surface area contributed by atoms with Crippen molar-refractivity contribution in [3.63, 3.8) is 0 Å². The summed E-state index contributed by atoms with van der Waals surface area (Å²) >= 11 is 5.87. The van der Waals surface area contributed by atoms with Crippen molar-refractivity contribution in [3.8, 4) is 0 Å². The van der Waals surface area contributed by atoms with Crippen LogP contribution in [0.1, 0.15) is 61.5 Å². The maximum Gasteiger partial charge on any atom is 0.310 e. The van der Waals surface area contributed by atoms with Crippen LogP contribution in [0, 0.1) is 29.8 Å². The number of nitrogens with one attached hydrogen (secondary N) is 2. The molecule has 3 heterocycles. The van der Waals surface area contributed by atoms with Gasteiger partial charge in [0.1, 0.15) is 17.5 Å². The van der Waals surface area contributed by atoms with Gasteiger partial charge in [0.05, 0.1) is 21.7 Å². The van der Waals surface area contributed by atoms with E-state index < -0.39 is 34.4 Å². The van der Waals surface area contributed by atoms with Gasteiger partial charge in [-0.05, 0) is 63.8 Å². The Bertz CT molecular complexity index is 1450. The second-order valence-electron chi connectivity index (χ2n) is 11.0. The second-order valence-corrected chi connectivity index (χ2v) is 11.4. The molecule has 3 aromatic rings. The van der Waals surface area contributed by atoms with Crippen LogP contribution in [0.5, 0.6) is 0 Å². The Morgan fingerprint density at radius 3 is 2.58 bits per heavy atom. The third kappa shape index (κ3) is 5.42. The minimum Gasteiger partial charge on any atom is -0.481 e. The van der Waals surface area contributed by atoms with E-state index in [0.29, 0.717) is 25.1 Å². The average Bonchev–Trinajstić information content (AvgIpc) is 3.54. The van der Waals surface area contributed by atoms with E-state index in [1.165, 1.54) is 6.07 Å². The zero-order chi connectivity index (χ0) is 28.8. The molecule has 1 aromatic carbocycles. The molecular weight excluding hydrogens is 547 g/mol. The second kappa shape index (κ2) is 10.7. The number of aliphatic hydroxyl groups is 1. The lowest BCUT2D eigenvalue weighted by Gasteiger charge is -2.44. The molecule has 0 amide bonds. The Balaban J connectivity index is 1.45. The number of piperidine rings is 1.